The quantitative estimate of drug-likeness (QED) is 0.612. The first-order valence-corrected chi connectivity index (χ1v) is 5.73. The lowest BCUT2D eigenvalue weighted by molar-refractivity contribution is 0.317. The Labute approximate surface area is 98.1 Å². The molecule has 0 radical (unpaired) electrons. The maximum Gasteiger partial charge on any atom is 0.184 e. The summed E-state index contributed by atoms with van der Waals surface area (Å²) < 4.78 is 5.21. The molecule has 0 bridgehead atoms. The van der Waals surface area contributed by atoms with Crippen LogP contribution in [0, 0.1) is 33.1 Å². The number of rotatable bonds is 3. The first-order valence-electron chi connectivity index (χ1n) is 5.73. The summed E-state index contributed by atoms with van der Waals surface area (Å²) >= 11 is 0. The first-order chi connectivity index (χ1) is 7.47. The molecule has 0 amide bonds. The molecule has 1 rings (SSSR count). The third-order valence-electron chi connectivity index (χ3n) is 3.17. The van der Waals surface area contributed by atoms with Gasteiger partial charge in [-0.1, -0.05) is 6.07 Å². The van der Waals surface area contributed by atoms with Crippen molar-refractivity contribution in [2.45, 2.75) is 41.0 Å². The Kier molecular flexibility index (Phi) is 4.11. The van der Waals surface area contributed by atoms with Gasteiger partial charge in [-0.3, -0.25) is 5.41 Å². The third kappa shape index (κ3) is 2.63. The Hall–Kier alpha value is -1.31. The minimum Gasteiger partial charge on any atom is -0.481 e. The van der Waals surface area contributed by atoms with E-state index in [1.807, 2.05) is 6.92 Å². The van der Waals surface area contributed by atoms with Gasteiger partial charge in [0, 0.05) is 6.42 Å². The van der Waals surface area contributed by atoms with E-state index < -0.39 is 0 Å². The lowest BCUT2D eigenvalue weighted by Crippen LogP contribution is -2.10. The first kappa shape index (κ1) is 12.8. The number of hydrogen-bond donors (Lipinski definition) is 1. The molecule has 2 heteroatoms. The predicted octanol–water partition coefficient (Wildman–Crippen LogP) is 3.48. The van der Waals surface area contributed by atoms with E-state index in [1.165, 1.54) is 27.8 Å². The number of aryl methyl sites for hydroxylation is 2. The number of nitrogens with one attached hydrogen (secondary N) is 1. The summed E-state index contributed by atoms with van der Waals surface area (Å²) in [6.07, 6.45) is 0.604. The second-order valence-electron chi connectivity index (χ2n) is 4.27. The van der Waals surface area contributed by atoms with Crippen LogP contribution in [-0.4, -0.2) is 12.5 Å². The van der Waals surface area contributed by atoms with Gasteiger partial charge in [-0.2, -0.15) is 0 Å². The van der Waals surface area contributed by atoms with Crippen LogP contribution in [0.5, 0.6) is 0 Å². The minimum atomic E-state index is 0.358. The molecule has 2 nitrogen and oxygen atoms in total. The molecule has 0 unspecified atom stereocenters. The highest BCUT2D eigenvalue weighted by atomic mass is 16.5. The normalized spacial score (nSPS) is 10.3. The maximum atomic E-state index is 7.72. The van der Waals surface area contributed by atoms with Crippen LogP contribution in [0.25, 0.3) is 0 Å². The lowest BCUT2D eigenvalue weighted by Gasteiger charge is -2.15. The van der Waals surface area contributed by atoms with Crippen molar-refractivity contribution >= 4 is 5.90 Å². The third-order valence-corrected chi connectivity index (χ3v) is 3.17. The van der Waals surface area contributed by atoms with Crippen LogP contribution < -0.4 is 0 Å². The van der Waals surface area contributed by atoms with Gasteiger partial charge in [0.05, 0.1) is 6.61 Å². The molecule has 16 heavy (non-hydrogen) atoms. The molecule has 0 saturated heterocycles. The standard InChI is InChI=1S/C14H21NO/c1-6-16-14(15)8-13-10(3)7-9(2)11(4)12(13)5/h7,15H,6,8H2,1-5H3. The molecular weight excluding hydrogens is 198 g/mol. The summed E-state index contributed by atoms with van der Waals surface area (Å²) in [6, 6.07) is 2.19. The van der Waals surface area contributed by atoms with E-state index in [9.17, 15) is 0 Å². The van der Waals surface area contributed by atoms with Crippen LogP contribution in [0.1, 0.15) is 34.7 Å². The molecular formula is C14H21NO. The van der Waals surface area contributed by atoms with Crippen molar-refractivity contribution in [2.24, 2.45) is 0 Å². The van der Waals surface area contributed by atoms with E-state index in [0.717, 1.165) is 0 Å². The van der Waals surface area contributed by atoms with Crippen LogP contribution in [0.2, 0.25) is 0 Å². The molecule has 0 spiro atoms. The fraction of sp³-hybridized carbons (Fsp3) is 0.500. The summed E-state index contributed by atoms with van der Waals surface area (Å²) in [6.45, 7) is 11.0. The summed E-state index contributed by atoms with van der Waals surface area (Å²) in [4.78, 5) is 0. The van der Waals surface area contributed by atoms with Gasteiger partial charge in [0.1, 0.15) is 0 Å². The Morgan fingerprint density at radius 1 is 1.12 bits per heavy atom. The summed E-state index contributed by atoms with van der Waals surface area (Å²) in [5.41, 5.74) is 6.43. The molecule has 0 heterocycles. The van der Waals surface area contributed by atoms with Gasteiger partial charge in [0.25, 0.3) is 0 Å². The topological polar surface area (TPSA) is 33.1 Å². The predicted molar refractivity (Wildman–Crippen MR) is 68.4 cm³/mol. The maximum absolute atomic E-state index is 7.72. The monoisotopic (exact) mass is 219 g/mol. The molecule has 0 fully saturated rings. The molecule has 1 N–H and O–H groups in total. The van der Waals surface area contributed by atoms with Crippen molar-refractivity contribution in [1.29, 1.82) is 5.41 Å². The van der Waals surface area contributed by atoms with E-state index in [1.54, 1.807) is 0 Å². The molecule has 0 atom stereocenters. The van der Waals surface area contributed by atoms with Crippen molar-refractivity contribution in [2.75, 3.05) is 6.61 Å². The van der Waals surface area contributed by atoms with Gasteiger partial charge in [0.2, 0.25) is 0 Å². The highest BCUT2D eigenvalue weighted by Gasteiger charge is 2.10. The van der Waals surface area contributed by atoms with Gasteiger partial charge >= 0.3 is 0 Å². The fourth-order valence-corrected chi connectivity index (χ4v) is 2.00. The van der Waals surface area contributed by atoms with E-state index in [2.05, 4.69) is 33.8 Å². The van der Waals surface area contributed by atoms with Gasteiger partial charge in [0.15, 0.2) is 5.90 Å². The Morgan fingerprint density at radius 3 is 2.31 bits per heavy atom. The van der Waals surface area contributed by atoms with Crippen molar-refractivity contribution < 1.29 is 4.74 Å². The largest absolute Gasteiger partial charge is 0.481 e. The molecule has 0 aliphatic rings. The van der Waals surface area contributed by atoms with Crippen molar-refractivity contribution in [1.82, 2.24) is 0 Å². The van der Waals surface area contributed by atoms with Gasteiger partial charge in [-0.05, 0) is 62.4 Å². The summed E-state index contributed by atoms with van der Waals surface area (Å²) in [7, 11) is 0. The van der Waals surface area contributed by atoms with Crippen LogP contribution in [0.15, 0.2) is 6.07 Å². The summed E-state index contributed by atoms with van der Waals surface area (Å²) in [5, 5.41) is 7.72. The molecule has 1 aromatic carbocycles. The van der Waals surface area contributed by atoms with E-state index in [0.29, 0.717) is 18.9 Å². The van der Waals surface area contributed by atoms with E-state index in [4.69, 9.17) is 10.1 Å². The SMILES string of the molecule is CCOC(=N)Cc1c(C)cc(C)c(C)c1C. The molecule has 0 aromatic heterocycles. The fourth-order valence-electron chi connectivity index (χ4n) is 2.00. The molecule has 0 aliphatic carbocycles. The Bertz CT molecular complexity index is 408. The highest BCUT2D eigenvalue weighted by molar-refractivity contribution is 5.76. The van der Waals surface area contributed by atoms with Crippen LogP contribution in [0.4, 0.5) is 0 Å². The van der Waals surface area contributed by atoms with Crippen molar-refractivity contribution in [3.8, 4) is 0 Å². The molecule has 0 aliphatic heterocycles. The van der Waals surface area contributed by atoms with E-state index in [-0.39, 0.29) is 0 Å². The van der Waals surface area contributed by atoms with Gasteiger partial charge in [-0.25, -0.2) is 0 Å². The highest BCUT2D eigenvalue weighted by Crippen LogP contribution is 2.22. The zero-order valence-corrected chi connectivity index (χ0v) is 10.9. The Balaban J connectivity index is 3.05. The lowest BCUT2D eigenvalue weighted by atomic mass is 9.92. The summed E-state index contributed by atoms with van der Waals surface area (Å²) in [5.74, 6) is 0.358. The van der Waals surface area contributed by atoms with Crippen LogP contribution in [-0.2, 0) is 11.2 Å². The second kappa shape index (κ2) is 5.15. The zero-order chi connectivity index (χ0) is 12.3. The smallest absolute Gasteiger partial charge is 0.184 e. The van der Waals surface area contributed by atoms with Gasteiger partial charge < -0.3 is 4.74 Å². The second-order valence-corrected chi connectivity index (χ2v) is 4.27. The molecule has 88 valence electrons. The number of hydrogen-bond acceptors (Lipinski definition) is 2. The zero-order valence-electron chi connectivity index (χ0n) is 10.9. The molecule has 0 saturated carbocycles. The number of benzene rings is 1. The average molecular weight is 219 g/mol. The van der Waals surface area contributed by atoms with Crippen molar-refractivity contribution in [3.63, 3.8) is 0 Å². The van der Waals surface area contributed by atoms with Crippen LogP contribution in [0.3, 0.4) is 0 Å². The molecule has 1 aromatic rings. The Morgan fingerprint density at radius 2 is 1.75 bits per heavy atom. The van der Waals surface area contributed by atoms with Gasteiger partial charge in [-0.15, -0.1) is 0 Å². The minimum absolute atomic E-state index is 0.358. The van der Waals surface area contributed by atoms with Crippen molar-refractivity contribution in [3.05, 3.63) is 33.9 Å². The average Bonchev–Trinajstić information content (AvgIpc) is 2.22. The van der Waals surface area contributed by atoms with Crippen LogP contribution >= 0.6 is 0 Å². The van der Waals surface area contributed by atoms with E-state index >= 15 is 0 Å². The number of ether oxygens (including phenoxy) is 1.